The van der Waals surface area contributed by atoms with Gasteiger partial charge in [-0.25, -0.2) is 28.4 Å². The minimum absolute atomic E-state index is 0.0250. The molecule has 12 rings (SSSR count). The van der Waals surface area contributed by atoms with Crippen molar-refractivity contribution in [3.8, 4) is 39.7 Å². The number of aliphatic carboxylic acids is 1. The molecule has 8 atom stereocenters. The quantitative estimate of drug-likeness (QED) is 0.0244. The molecule has 1 fully saturated rings. The molecule has 3 aromatic heterocycles. The second-order valence-electron chi connectivity index (χ2n) is 27.2. The lowest BCUT2D eigenvalue weighted by atomic mass is 9.81. The number of alkyl carbamates (subject to hydrolysis) is 1. The summed E-state index contributed by atoms with van der Waals surface area (Å²) in [5, 5.41) is 76.6. The zero-order valence-electron chi connectivity index (χ0n) is 59.5. The summed E-state index contributed by atoms with van der Waals surface area (Å²) >= 11 is 0. The smallest absolute Gasteiger partial charge is 0.407 e. The van der Waals surface area contributed by atoms with Crippen molar-refractivity contribution in [1.82, 2.24) is 51.1 Å². The molecule has 0 radical (unpaired) electrons. The van der Waals surface area contributed by atoms with Gasteiger partial charge in [0, 0.05) is 97.7 Å². The van der Waals surface area contributed by atoms with E-state index >= 15 is 4.39 Å². The van der Waals surface area contributed by atoms with Crippen molar-refractivity contribution in [3.63, 3.8) is 0 Å². The van der Waals surface area contributed by atoms with Crippen LogP contribution in [-0.4, -0.2) is 174 Å². The number of ether oxygens (including phenoxy) is 6. The Hall–Kier alpha value is -10.6. The molecule has 1 saturated heterocycles. The number of aliphatic hydroxyl groups excluding tert-OH is 3. The number of fused-ring (bicyclic) bond motifs is 10. The van der Waals surface area contributed by atoms with E-state index in [1.807, 2.05) is 67.1 Å². The Kier molecular flexibility index (Phi) is 23.2. The number of halogens is 1. The molecule has 566 valence electrons. The van der Waals surface area contributed by atoms with E-state index in [-0.39, 0.29) is 149 Å². The Morgan fingerprint density at radius 1 is 0.813 bits per heavy atom. The maximum Gasteiger partial charge on any atom is 0.407 e. The number of carbonyl (C=O) groups is 8. The Labute approximate surface area is 612 Å². The van der Waals surface area contributed by atoms with Gasteiger partial charge >= 0.3 is 18.0 Å². The number of nitrogens with zero attached hydrogens (tertiary/aromatic N) is 6. The van der Waals surface area contributed by atoms with Crippen LogP contribution in [0.4, 0.5) is 14.9 Å². The molecule has 31 nitrogen and oxygen atoms in total. The van der Waals surface area contributed by atoms with E-state index in [4.69, 9.17) is 33.4 Å². The van der Waals surface area contributed by atoms with Gasteiger partial charge in [-0.3, -0.25) is 28.8 Å². The fourth-order valence-corrected chi connectivity index (χ4v) is 14.2. The summed E-state index contributed by atoms with van der Waals surface area (Å²) < 4.78 is 51.8. The predicted octanol–water partition coefficient (Wildman–Crippen LogP) is 4.10. The fraction of sp³-hybridized carbons (Fsp3) is 0.440. The SMILES string of the molecule is CCC1(O)C(=O)OCc2c1cc1n(c2=O)Cc2c-1nc1cc(F)c(C)c3c1c2C(NC(=O)OCc1ccc(OC2OC(C(=O)O)C(O)C(O)C2O)c(CNC(=O)CCNC(=O)C(CNC(=O)CCOCCOC)NC(=O)CCCCC(=O)N2Cc4ccccc4-c4nnn(C(C)C)c4-c4ccccc42)c1)CC3. The normalized spacial score (nSPS) is 19.8. The molecule has 8 unspecified atom stereocenters. The highest BCUT2D eigenvalue weighted by Gasteiger charge is 2.49. The number of benzene rings is 4. The number of esters is 1. The molecule has 5 aliphatic rings. The van der Waals surface area contributed by atoms with Crippen LogP contribution >= 0.6 is 0 Å². The number of unbranched alkanes of at least 4 members (excludes halogenated alkanes) is 1. The van der Waals surface area contributed by atoms with E-state index in [1.165, 1.54) is 42.0 Å². The average Bonchev–Trinajstić information content (AvgIpc) is 1.68. The summed E-state index contributed by atoms with van der Waals surface area (Å²) in [6.07, 6.45) is -10.3. The first-order valence-electron chi connectivity index (χ1n) is 35.5. The Balaban J connectivity index is 0.702. The van der Waals surface area contributed by atoms with E-state index in [1.54, 1.807) is 18.7 Å². The van der Waals surface area contributed by atoms with Crippen LogP contribution in [0.25, 0.3) is 44.8 Å². The molecule has 7 heterocycles. The van der Waals surface area contributed by atoms with Gasteiger partial charge in [0.2, 0.25) is 35.8 Å². The second kappa shape index (κ2) is 32.6. The molecule has 10 N–H and O–H groups in total. The highest BCUT2D eigenvalue weighted by atomic mass is 19.1. The number of aryl methyl sites for hydroxylation is 1. The van der Waals surface area contributed by atoms with Gasteiger partial charge in [0.05, 0.1) is 72.8 Å². The van der Waals surface area contributed by atoms with Crippen molar-refractivity contribution in [2.45, 2.75) is 173 Å². The van der Waals surface area contributed by atoms with Crippen molar-refractivity contribution in [2.75, 3.05) is 44.9 Å². The summed E-state index contributed by atoms with van der Waals surface area (Å²) in [6.45, 7) is 6.25. The van der Waals surface area contributed by atoms with Crippen LogP contribution in [0, 0.1) is 12.7 Å². The van der Waals surface area contributed by atoms with Gasteiger partial charge in [-0.15, -0.1) is 5.10 Å². The Morgan fingerprint density at radius 3 is 2.34 bits per heavy atom. The molecule has 107 heavy (non-hydrogen) atoms. The first-order valence-corrected chi connectivity index (χ1v) is 35.5. The Bertz CT molecular complexity index is 4700. The minimum Gasteiger partial charge on any atom is -0.479 e. The van der Waals surface area contributed by atoms with Gasteiger partial charge in [0.1, 0.15) is 54.8 Å². The molecule has 1 aliphatic carbocycles. The van der Waals surface area contributed by atoms with Crippen molar-refractivity contribution in [1.29, 1.82) is 0 Å². The van der Waals surface area contributed by atoms with Crippen LogP contribution in [0.5, 0.6) is 5.75 Å². The lowest BCUT2D eigenvalue weighted by Crippen LogP contribution is -2.61. The van der Waals surface area contributed by atoms with E-state index < -0.39 is 108 Å². The number of carboxylic acids is 1. The number of cyclic esters (lactones) is 1. The number of carbonyl (C=O) groups excluding carboxylic acids is 7. The number of nitrogens with one attached hydrogen (secondary N) is 5. The summed E-state index contributed by atoms with van der Waals surface area (Å²) in [6, 6.07) is 20.2. The van der Waals surface area contributed by atoms with Crippen LogP contribution in [0.15, 0.2) is 83.7 Å². The van der Waals surface area contributed by atoms with Crippen molar-refractivity contribution in [2.24, 2.45) is 0 Å². The van der Waals surface area contributed by atoms with Crippen LogP contribution in [0.1, 0.15) is 134 Å². The van der Waals surface area contributed by atoms with Gasteiger partial charge in [0.15, 0.2) is 11.7 Å². The number of amides is 6. The zero-order valence-corrected chi connectivity index (χ0v) is 59.5. The average molecular weight is 1480 g/mol. The molecule has 4 aromatic carbocycles. The summed E-state index contributed by atoms with van der Waals surface area (Å²) in [5.74, 6) is -5.85. The molecular weight excluding hydrogens is 1390 g/mol. The number of pyridine rings is 2. The van der Waals surface area contributed by atoms with Crippen LogP contribution in [-0.2, 0) is 102 Å². The number of anilines is 1. The van der Waals surface area contributed by atoms with Gasteiger partial charge in [-0.2, -0.15) is 0 Å². The molecule has 4 aliphatic heterocycles. The number of aromatic nitrogens is 5. The van der Waals surface area contributed by atoms with Crippen molar-refractivity contribution in [3.05, 3.63) is 145 Å². The van der Waals surface area contributed by atoms with E-state index in [9.17, 15) is 68.7 Å². The summed E-state index contributed by atoms with van der Waals surface area (Å²) in [4.78, 5) is 129. The highest BCUT2D eigenvalue weighted by molar-refractivity contribution is 6.00. The topological polar surface area (TPSA) is 422 Å². The molecule has 6 amide bonds. The number of rotatable bonds is 28. The molecular formula is C75H84FN11O20. The van der Waals surface area contributed by atoms with Crippen LogP contribution < -0.4 is 41.8 Å². The molecule has 0 saturated carbocycles. The molecule has 7 aromatic rings. The number of aliphatic hydroxyl groups is 4. The maximum atomic E-state index is 15.7. The number of methoxy groups -OCH3 is 1. The summed E-state index contributed by atoms with van der Waals surface area (Å²) in [7, 11) is 1.50. The van der Waals surface area contributed by atoms with Gasteiger partial charge in [-0.05, 0) is 105 Å². The third kappa shape index (κ3) is 15.8. The van der Waals surface area contributed by atoms with Gasteiger partial charge in [0.25, 0.3) is 5.56 Å². The van der Waals surface area contributed by atoms with Crippen molar-refractivity contribution < 1.29 is 96.7 Å². The highest BCUT2D eigenvalue weighted by Crippen LogP contribution is 2.47. The third-order valence-corrected chi connectivity index (χ3v) is 20.0. The molecule has 0 spiro atoms. The van der Waals surface area contributed by atoms with E-state index in [0.29, 0.717) is 64.0 Å². The molecule has 0 bridgehead atoms. The second-order valence-corrected chi connectivity index (χ2v) is 27.2. The molecule has 32 heteroatoms. The maximum absolute atomic E-state index is 15.7. The minimum atomic E-state index is -2.11. The number of hydrogen-bond acceptors (Lipinski definition) is 22. The number of para-hydroxylation sites is 1. The van der Waals surface area contributed by atoms with Crippen LogP contribution in [0.3, 0.4) is 0 Å². The largest absolute Gasteiger partial charge is 0.479 e. The van der Waals surface area contributed by atoms with Crippen molar-refractivity contribution >= 4 is 64.2 Å². The third-order valence-electron chi connectivity index (χ3n) is 20.0. The lowest BCUT2D eigenvalue weighted by Gasteiger charge is -2.38. The first-order chi connectivity index (χ1) is 51.4. The Morgan fingerprint density at radius 2 is 1.57 bits per heavy atom. The van der Waals surface area contributed by atoms with Crippen LogP contribution in [0.2, 0.25) is 0 Å². The van der Waals surface area contributed by atoms with E-state index in [2.05, 4.69) is 36.9 Å². The number of carboxylic acid groups (broad SMARTS) is 1. The lowest BCUT2D eigenvalue weighted by molar-refractivity contribution is -0.271. The first kappa shape index (κ1) is 76.1. The van der Waals surface area contributed by atoms with Gasteiger partial charge in [-0.1, -0.05) is 60.7 Å². The monoisotopic (exact) mass is 1480 g/mol. The summed E-state index contributed by atoms with van der Waals surface area (Å²) in [5.41, 5.74) is 5.61. The van der Waals surface area contributed by atoms with E-state index in [0.717, 1.165) is 22.4 Å². The fourth-order valence-electron chi connectivity index (χ4n) is 14.2. The van der Waals surface area contributed by atoms with Gasteiger partial charge < -0.3 is 90.0 Å². The standard InChI is InChI=1S/C75H84FN11O20/c1-6-75(101)48-30-54-62-46(35-86(54)70(96)47(48)37-104-73(75)99)61-50(21-20-43-39(4)49(76)31-51(81-62)60(43)61)82-74(100)105-36-40-19-22-55(106-72-67(94)65(92)66(93)68(107-72)71(97)98)42(29-40)32-78-56(88)23-25-77-69(95)52(33-79-57(89)24-26-103-28-27-102-5)80-58(90)17-11-12-18-59(91)85-34-41-13-7-8-14-44(41)63-64(87(38(2)3)84-83-63)45-15-9-10-16-53(45)85/h7-10,13-16,19,22,29-31,38,50,52,65-68,72,92-94,101H,6,11-12,17-18,20-21,23-28,32-37H2,1-5H3,(H,77,95)(H,78,88)(H,79,89)(H,80,90)(H,82,100)(H,97,98). The number of hydrogen-bond donors (Lipinski definition) is 10. The zero-order chi connectivity index (χ0) is 76.1. The predicted molar refractivity (Wildman–Crippen MR) is 378 cm³/mol.